The highest BCUT2D eigenvalue weighted by Crippen LogP contribution is 2.26. The fraction of sp³-hybridized carbons (Fsp3) is 0.182. The first-order chi connectivity index (χ1) is 20.0. The summed E-state index contributed by atoms with van der Waals surface area (Å²) in [6.07, 6.45) is 0. The van der Waals surface area contributed by atoms with E-state index in [0.29, 0.717) is 22.6 Å². The van der Waals surface area contributed by atoms with Crippen molar-refractivity contribution in [3.63, 3.8) is 0 Å². The van der Waals surface area contributed by atoms with Crippen LogP contribution in [0.2, 0.25) is 0 Å². The Morgan fingerprint density at radius 1 is 0.810 bits per heavy atom. The summed E-state index contributed by atoms with van der Waals surface area (Å²) >= 11 is 0. The molecule has 0 spiro atoms. The molecule has 0 unspecified atom stereocenters. The van der Waals surface area contributed by atoms with Crippen molar-refractivity contribution in [1.29, 1.82) is 0 Å². The van der Waals surface area contributed by atoms with Crippen molar-refractivity contribution in [2.24, 2.45) is 5.10 Å². The van der Waals surface area contributed by atoms with Crippen LogP contribution in [-0.4, -0.2) is 32.5 Å². The highest BCUT2D eigenvalue weighted by atomic mass is 32.2. The van der Waals surface area contributed by atoms with Crippen LogP contribution in [0.4, 0.5) is 11.4 Å². The fourth-order valence-electron chi connectivity index (χ4n) is 4.14. The van der Waals surface area contributed by atoms with Crippen molar-refractivity contribution in [1.82, 2.24) is 5.43 Å². The van der Waals surface area contributed by atoms with Crippen molar-refractivity contribution < 1.29 is 18.0 Å². The van der Waals surface area contributed by atoms with Crippen LogP contribution in [0.15, 0.2) is 113 Å². The van der Waals surface area contributed by atoms with Crippen molar-refractivity contribution in [2.45, 2.75) is 38.5 Å². The van der Waals surface area contributed by atoms with Crippen molar-refractivity contribution >= 4 is 38.9 Å². The number of nitrogens with zero attached hydrogens (tertiary/aromatic N) is 2. The number of carbonyl (C=O) groups is 2. The van der Waals surface area contributed by atoms with E-state index in [0.717, 1.165) is 21.0 Å². The molecular formula is C33H34N4O4S. The van der Waals surface area contributed by atoms with Crippen LogP contribution in [0.5, 0.6) is 0 Å². The lowest BCUT2D eigenvalue weighted by atomic mass is 10.0. The van der Waals surface area contributed by atoms with Gasteiger partial charge in [-0.25, -0.2) is 13.8 Å². The molecule has 0 saturated heterocycles. The zero-order valence-corrected chi connectivity index (χ0v) is 24.9. The molecule has 2 N–H and O–H groups in total. The van der Waals surface area contributed by atoms with Gasteiger partial charge in [-0.2, -0.15) is 5.10 Å². The molecule has 216 valence electrons. The Bertz CT molecular complexity index is 1670. The van der Waals surface area contributed by atoms with Gasteiger partial charge >= 0.3 is 0 Å². The molecule has 4 aromatic carbocycles. The van der Waals surface area contributed by atoms with Gasteiger partial charge in [-0.15, -0.1) is 0 Å². The van der Waals surface area contributed by atoms with E-state index >= 15 is 0 Å². The van der Waals surface area contributed by atoms with Crippen LogP contribution < -0.4 is 15.0 Å². The SMILES string of the molecule is CC(=NNC(=O)CN(c1ccc(C(C)C)cc1)S(=O)(=O)c1ccc(C)cc1)c1ccc(NC(=O)c2ccccc2)cc1. The van der Waals surface area contributed by atoms with E-state index in [1.165, 1.54) is 12.1 Å². The van der Waals surface area contributed by atoms with Gasteiger partial charge in [-0.1, -0.05) is 74.0 Å². The number of hydrogen-bond donors (Lipinski definition) is 2. The first-order valence-corrected chi connectivity index (χ1v) is 15.0. The van der Waals surface area contributed by atoms with E-state index < -0.39 is 22.5 Å². The Balaban J connectivity index is 1.48. The van der Waals surface area contributed by atoms with Crippen LogP contribution in [-0.2, 0) is 14.8 Å². The third kappa shape index (κ3) is 7.50. The summed E-state index contributed by atoms with van der Waals surface area (Å²) in [5, 5.41) is 7.03. The van der Waals surface area contributed by atoms with Gasteiger partial charge in [-0.05, 0) is 79.4 Å². The summed E-state index contributed by atoms with van der Waals surface area (Å²) in [5.74, 6) is -0.536. The third-order valence-corrected chi connectivity index (χ3v) is 8.48. The average molecular weight is 583 g/mol. The Morgan fingerprint density at radius 3 is 2.02 bits per heavy atom. The predicted octanol–water partition coefficient (Wildman–Crippen LogP) is 6.11. The normalized spacial score (nSPS) is 11.7. The lowest BCUT2D eigenvalue weighted by Crippen LogP contribution is -2.39. The van der Waals surface area contributed by atoms with E-state index in [2.05, 4.69) is 29.7 Å². The van der Waals surface area contributed by atoms with Crippen LogP contribution in [0, 0.1) is 6.92 Å². The Kier molecular flexibility index (Phi) is 9.54. The number of anilines is 2. The standard InChI is InChI=1S/C33H34N4O4S/c1-23(2)26-14-18-30(19-15-26)37(42(40,41)31-20-10-24(3)11-21-31)22-32(38)36-35-25(4)27-12-16-29(17-13-27)34-33(39)28-8-6-5-7-9-28/h5-21,23H,22H2,1-4H3,(H,34,39)(H,36,38). The molecule has 4 rings (SSSR count). The highest BCUT2D eigenvalue weighted by molar-refractivity contribution is 7.92. The lowest BCUT2D eigenvalue weighted by molar-refractivity contribution is -0.119. The molecule has 0 saturated carbocycles. The minimum Gasteiger partial charge on any atom is -0.322 e. The van der Waals surface area contributed by atoms with Gasteiger partial charge < -0.3 is 5.32 Å². The summed E-state index contributed by atoms with van der Waals surface area (Å²) in [6, 6.07) is 29.6. The molecule has 0 atom stereocenters. The van der Waals surface area contributed by atoms with Gasteiger partial charge in [0, 0.05) is 11.3 Å². The molecule has 42 heavy (non-hydrogen) atoms. The number of carbonyl (C=O) groups excluding carboxylic acids is 2. The molecule has 4 aromatic rings. The number of aryl methyl sites for hydroxylation is 1. The number of rotatable bonds is 10. The average Bonchev–Trinajstić information content (AvgIpc) is 2.99. The van der Waals surface area contributed by atoms with E-state index in [1.807, 2.05) is 25.1 Å². The third-order valence-electron chi connectivity index (χ3n) is 6.69. The summed E-state index contributed by atoms with van der Waals surface area (Å²) in [7, 11) is -4.04. The Labute approximate surface area is 247 Å². The van der Waals surface area contributed by atoms with Crippen LogP contribution in [0.25, 0.3) is 0 Å². The predicted molar refractivity (Wildman–Crippen MR) is 167 cm³/mol. The number of hydrogen-bond acceptors (Lipinski definition) is 5. The minimum atomic E-state index is -4.04. The van der Waals surface area contributed by atoms with Crippen molar-refractivity contribution in [2.75, 3.05) is 16.2 Å². The van der Waals surface area contributed by atoms with Crippen molar-refractivity contribution in [3.8, 4) is 0 Å². The highest BCUT2D eigenvalue weighted by Gasteiger charge is 2.27. The number of sulfonamides is 1. The van der Waals surface area contributed by atoms with Gasteiger partial charge in [0.05, 0.1) is 16.3 Å². The first kappa shape index (κ1) is 30.2. The second kappa shape index (κ2) is 13.3. The zero-order chi connectivity index (χ0) is 30.3. The first-order valence-electron chi connectivity index (χ1n) is 13.5. The monoisotopic (exact) mass is 582 g/mol. The molecule has 0 bridgehead atoms. The second-order valence-electron chi connectivity index (χ2n) is 10.2. The Morgan fingerprint density at radius 2 is 1.43 bits per heavy atom. The maximum absolute atomic E-state index is 13.6. The molecule has 0 fully saturated rings. The van der Waals surface area contributed by atoms with Gasteiger partial charge in [0.15, 0.2) is 0 Å². The van der Waals surface area contributed by atoms with Crippen molar-refractivity contribution in [3.05, 3.63) is 125 Å². The molecule has 0 heterocycles. The molecule has 0 aromatic heterocycles. The van der Waals surface area contributed by atoms with E-state index in [1.54, 1.807) is 79.7 Å². The number of nitrogens with one attached hydrogen (secondary N) is 2. The maximum Gasteiger partial charge on any atom is 0.264 e. The zero-order valence-electron chi connectivity index (χ0n) is 24.0. The molecule has 0 aliphatic heterocycles. The molecule has 2 amide bonds. The van der Waals surface area contributed by atoms with Crippen LogP contribution >= 0.6 is 0 Å². The largest absolute Gasteiger partial charge is 0.322 e. The van der Waals surface area contributed by atoms with E-state index in [4.69, 9.17) is 0 Å². The molecule has 0 aliphatic carbocycles. The smallest absolute Gasteiger partial charge is 0.264 e. The summed E-state index contributed by atoms with van der Waals surface area (Å²) in [6.45, 7) is 7.25. The quantitative estimate of drug-likeness (QED) is 0.174. The molecule has 8 nitrogen and oxygen atoms in total. The number of hydrazone groups is 1. The molecule has 0 aliphatic rings. The number of amides is 2. The Hall–Kier alpha value is -4.76. The van der Waals surface area contributed by atoms with E-state index in [9.17, 15) is 18.0 Å². The van der Waals surface area contributed by atoms with Crippen LogP contribution in [0.1, 0.15) is 53.7 Å². The lowest BCUT2D eigenvalue weighted by Gasteiger charge is -2.24. The minimum absolute atomic E-state index is 0.0907. The summed E-state index contributed by atoms with van der Waals surface area (Å²) in [4.78, 5) is 25.5. The van der Waals surface area contributed by atoms with E-state index in [-0.39, 0.29) is 16.7 Å². The fourth-order valence-corrected chi connectivity index (χ4v) is 5.56. The van der Waals surface area contributed by atoms with Gasteiger partial charge in [0.1, 0.15) is 6.54 Å². The molecule has 9 heteroatoms. The second-order valence-corrected chi connectivity index (χ2v) is 12.1. The summed E-state index contributed by atoms with van der Waals surface area (Å²) < 4.78 is 28.4. The van der Waals surface area contributed by atoms with Gasteiger partial charge in [0.25, 0.3) is 21.8 Å². The van der Waals surface area contributed by atoms with Gasteiger partial charge in [-0.3, -0.25) is 13.9 Å². The molecule has 0 radical (unpaired) electrons. The topological polar surface area (TPSA) is 108 Å². The molecular weight excluding hydrogens is 548 g/mol. The van der Waals surface area contributed by atoms with Crippen LogP contribution in [0.3, 0.4) is 0 Å². The number of benzene rings is 4. The van der Waals surface area contributed by atoms with Gasteiger partial charge in [0.2, 0.25) is 0 Å². The summed E-state index contributed by atoms with van der Waals surface area (Å²) in [5.41, 5.74) is 7.25. The maximum atomic E-state index is 13.6.